The zero-order chi connectivity index (χ0) is 14.5. The maximum atomic E-state index is 11.9. The molecule has 0 saturated carbocycles. The van der Waals surface area contributed by atoms with E-state index in [1.807, 2.05) is 6.92 Å². The largest absolute Gasteiger partial charge is 0.399 e. The second-order valence-corrected chi connectivity index (χ2v) is 6.18. The standard InChI is InChI=1S/C12H19N3O3S/c1-9-4-5-10(13)8-11(9)12(16)14-6-3-7-15-19(2,17)18/h4-5,8,15H,3,6-7,13H2,1-2H3,(H,14,16). The highest BCUT2D eigenvalue weighted by molar-refractivity contribution is 7.88. The third-order valence-electron chi connectivity index (χ3n) is 2.51. The van der Waals surface area contributed by atoms with Gasteiger partial charge in [0.25, 0.3) is 5.91 Å². The van der Waals surface area contributed by atoms with Crippen LogP contribution in [0.15, 0.2) is 18.2 Å². The van der Waals surface area contributed by atoms with Gasteiger partial charge in [-0.25, -0.2) is 13.1 Å². The number of anilines is 1. The van der Waals surface area contributed by atoms with Crippen LogP contribution < -0.4 is 15.8 Å². The predicted octanol–water partition coefficient (Wildman–Crippen LogP) is 0.246. The van der Waals surface area contributed by atoms with Gasteiger partial charge in [0.1, 0.15) is 0 Å². The molecule has 0 radical (unpaired) electrons. The fourth-order valence-electron chi connectivity index (χ4n) is 1.53. The Morgan fingerprint density at radius 1 is 1.32 bits per heavy atom. The first-order chi connectivity index (χ1) is 8.79. The average molecular weight is 285 g/mol. The van der Waals surface area contributed by atoms with E-state index < -0.39 is 10.0 Å². The molecule has 0 aromatic heterocycles. The number of benzene rings is 1. The van der Waals surface area contributed by atoms with Crippen LogP contribution in [0.3, 0.4) is 0 Å². The minimum Gasteiger partial charge on any atom is -0.399 e. The maximum Gasteiger partial charge on any atom is 0.251 e. The normalized spacial score (nSPS) is 11.3. The number of hydrogen-bond donors (Lipinski definition) is 3. The van der Waals surface area contributed by atoms with Crippen LogP contribution in [0.5, 0.6) is 0 Å². The molecule has 0 saturated heterocycles. The summed E-state index contributed by atoms with van der Waals surface area (Å²) in [6.07, 6.45) is 1.63. The van der Waals surface area contributed by atoms with E-state index >= 15 is 0 Å². The third-order valence-corrected chi connectivity index (χ3v) is 3.24. The number of carbonyl (C=O) groups is 1. The molecule has 6 nitrogen and oxygen atoms in total. The molecule has 0 fully saturated rings. The van der Waals surface area contributed by atoms with E-state index in [1.165, 1.54) is 0 Å². The zero-order valence-corrected chi connectivity index (χ0v) is 11.9. The van der Waals surface area contributed by atoms with Gasteiger partial charge < -0.3 is 11.1 Å². The third kappa shape index (κ3) is 5.71. The number of carbonyl (C=O) groups excluding carboxylic acids is 1. The molecular formula is C12H19N3O3S. The summed E-state index contributed by atoms with van der Waals surface area (Å²) in [5.74, 6) is -0.204. The summed E-state index contributed by atoms with van der Waals surface area (Å²) in [6.45, 7) is 2.53. The Bertz CT molecular complexity index is 555. The van der Waals surface area contributed by atoms with E-state index in [0.717, 1.165) is 11.8 Å². The summed E-state index contributed by atoms with van der Waals surface area (Å²) in [6, 6.07) is 5.15. The van der Waals surface area contributed by atoms with Crippen LogP contribution in [0.1, 0.15) is 22.3 Å². The van der Waals surface area contributed by atoms with E-state index in [1.54, 1.807) is 18.2 Å². The van der Waals surface area contributed by atoms with Gasteiger partial charge in [0, 0.05) is 24.3 Å². The van der Waals surface area contributed by atoms with Gasteiger partial charge in [0.2, 0.25) is 10.0 Å². The highest BCUT2D eigenvalue weighted by Crippen LogP contribution is 2.12. The number of sulfonamides is 1. The molecule has 7 heteroatoms. The second-order valence-electron chi connectivity index (χ2n) is 4.35. The van der Waals surface area contributed by atoms with Gasteiger partial charge in [0.05, 0.1) is 6.26 Å². The topological polar surface area (TPSA) is 101 Å². The summed E-state index contributed by atoms with van der Waals surface area (Å²) in [5, 5.41) is 2.72. The molecule has 106 valence electrons. The molecule has 1 aromatic rings. The number of amides is 1. The molecule has 0 unspecified atom stereocenters. The van der Waals surface area contributed by atoms with Crippen molar-refractivity contribution in [3.8, 4) is 0 Å². The Kier molecular flexibility index (Phi) is 5.31. The molecule has 0 bridgehead atoms. The molecule has 0 aliphatic heterocycles. The Balaban J connectivity index is 2.42. The number of nitrogens with one attached hydrogen (secondary N) is 2. The first-order valence-electron chi connectivity index (χ1n) is 5.88. The van der Waals surface area contributed by atoms with Crippen LogP contribution in [0.2, 0.25) is 0 Å². The van der Waals surface area contributed by atoms with E-state index in [0.29, 0.717) is 30.8 Å². The van der Waals surface area contributed by atoms with Crippen LogP contribution in [-0.2, 0) is 10.0 Å². The average Bonchev–Trinajstić information content (AvgIpc) is 2.30. The highest BCUT2D eigenvalue weighted by atomic mass is 32.2. The number of rotatable bonds is 6. The number of aryl methyl sites for hydroxylation is 1. The quantitative estimate of drug-likeness (QED) is 0.515. The maximum absolute atomic E-state index is 11.9. The smallest absolute Gasteiger partial charge is 0.251 e. The fraction of sp³-hybridized carbons (Fsp3) is 0.417. The van der Waals surface area contributed by atoms with Gasteiger partial charge >= 0.3 is 0 Å². The molecule has 1 rings (SSSR count). The van der Waals surface area contributed by atoms with Gasteiger partial charge in [-0.1, -0.05) is 6.07 Å². The number of nitrogens with two attached hydrogens (primary N) is 1. The summed E-state index contributed by atoms with van der Waals surface area (Å²) >= 11 is 0. The minimum atomic E-state index is -3.17. The molecule has 0 heterocycles. The summed E-state index contributed by atoms with van der Waals surface area (Å²) in [7, 11) is -3.17. The first-order valence-corrected chi connectivity index (χ1v) is 7.78. The second kappa shape index (κ2) is 6.53. The zero-order valence-electron chi connectivity index (χ0n) is 11.1. The van der Waals surface area contributed by atoms with Gasteiger partial charge in [-0.05, 0) is 31.0 Å². The van der Waals surface area contributed by atoms with Crippen LogP contribution in [0, 0.1) is 6.92 Å². The Morgan fingerprint density at radius 3 is 2.63 bits per heavy atom. The molecule has 1 amide bonds. The van der Waals surface area contributed by atoms with Crippen LogP contribution >= 0.6 is 0 Å². The first kappa shape index (κ1) is 15.5. The lowest BCUT2D eigenvalue weighted by atomic mass is 10.1. The van der Waals surface area contributed by atoms with Gasteiger partial charge in [-0.3, -0.25) is 4.79 Å². The van der Waals surface area contributed by atoms with Crippen molar-refractivity contribution in [3.05, 3.63) is 29.3 Å². The van der Waals surface area contributed by atoms with Crippen molar-refractivity contribution in [2.75, 3.05) is 25.1 Å². The minimum absolute atomic E-state index is 0.204. The van der Waals surface area contributed by atoms with Crippen LogP contribution in [0.25, 0.3) is 0 Å². The molecule has 1 aromatic carbocycles. The molecule has 0 atom stereocenters. The van der Waals surface area contributed by atoms with Crippen molar-refractivity contribution < 1.29 is 13.2 Å². The Labute approximate surface area is 113 Å². The van der Waals surface area contributed by atoms with Crippen molar-refractivity contribution in [1.82, 2.24) is 10.0 Å². The SMILES string of the molecule is Cc1ccc(N)cc1C(=O)NCCCNS(C)(=O)=O. The Morgan fingerprint density at radius 2 is 2.00 bits per heavy atom. The summed E-state index contributed by atoms with van der Waals surface area (Å²) in [5.41, 5.74) is 7.56. The Hall–Kier alpha value is -1.60. The van der Waals surface area contributed by atoms with Crippen LogP contribution in [-0.4, -0.2) is 33.7 Å². The fourth-order valence-corrected chi connectivity index (χ4v) is 2.04. The van der Waals surface area contributed by atoms with Crippen molar-refractivity contribution in [2.45, 2.75) is 13.3 Å². The molecule has 0 aliphatic carbocycles. The lowest BCUT2D eigenvalue weighted by Gasteiger charge is -2.08. The van der Waals surface area contributed by atoms with Crippen molar-refractivity contribution >= 4 is 21.6 Å². The molecule has 4 N–H and O–H groups in total. The van der Waals surface area contributed by atoms with Crippen LogP contribution in [0.4, 0.5) is 5.69 Å². The monoisotopic (exact) mass is 285 g/mol. The lowest BCUT2D eigenvalue weighted by molar-refractivity contribution is 0.0953. The van der Waals surface area contributed by atoms with E-state index in [4.69, 9.17) is 5.73 Å². The predicted molar refractivity (Wildman–Crippen MR) is 75.4 cm³/mol. The number of hydrogen-bond acceptors (Lipinski definition) is 4. The number of nitrogen functional groups attached to an aromatic ring is 1. The van der Waals surface area contributed by atoms with E-state index in [9.17, 15) is 13.2 Å². The summed E-state index contributed by atoms with van der Waals surface area (Å²) in [4.78, 5) is 11.9. The molecular weight excluding hydrogens is 266 g/mol. The van der Waals surface area contributed by atoms with Gasteiger partial charge in [-0.2, -0.15) is 0 Å². The highest BCUT2D eigenvalue weighted by Gasteiger charge is 2.08. The molecule has 0 spiro atoms. The van der Waals surface area contributed by atoms with Gasteiger partial charge in [-0.15, -0.1) is 0 Å². The van der Waals surface area contributed by atoms with Gasteiger partial charge in [0.15, 0.2) is 0 Å². The van der Waals surface area contributed by atoms with E-state index in [-0.39, 0.29) is 5.91 Å². The lowest BCUT2D eigenvalue weighted by Crippen LogP contribution is -2.29. The van der Waals surface area contributed by atoms with Crippen molar-refractivity contribution in [1.29, 1.82) is 0 Å². The summed E-state index contributed by atoms with van der Waals surface area (Å²) < 4.78 is 24.0. The van der Waals surface area contributed by atoms with Crippen molar-refractivity contribution in [2.24, 2.45) is 0 Å². The van der Waals surface area contributed by atoms with Crippen molar-refractivity contribution in [3.63, 3.8) is 0 Å². The van der Waals surface area contributed by atoms with E-state index in [2.05, 4.69) is 10.0 Å². The molecule has 0 aliphatic rings. The molecule has 19 heavy (non-hydrogen) atoms.